The fourth-order valence-electron chi connectivity index (χ4n) is 3.28. The standard InChI is InChI=1S/C18H22N2O3/c1-13-5-6-16-14(11-13)17(21)15(18(22)23)12-20(16)10-9-19-7-3-2-4-8-19/h5-6,11-12H,2-4,7-10H2,1H3,(H,22,23). The van der Waals surface area contributed by atoms with Gasteiger partial charge in [-0.25, -0.2) is 4.79 Å². The molecule has 0 radical (unpaired) electrons. The first kappa shape index (κ1) is 15.7. The Morgan fingerprint density at radius 1 is 1.17 bits per heavy atom. The van der Waals surface area contributed by atoms with Gasteiger partial charge in [-0.15, -0.1) is 0 Å². The summed E-state index contributed by atoms with van der Waals surface area (Å²) >= 11 is 0. The molecule has 1 fully saturated rings. The minimum Gasteiger partial charge on any atom is -0.477 e. The van der Waals surface area contributed by atoms with E-state index >= 15 is 0 Å². The van der Waals surface area contributed by atoms with Crippen LogP contribution >= 0.6 is 0 Å². The van der Waals surface area contributed by atoms with Crippen LogP contribution in [0.15, 0.2) is 29.2 Å². The van der Waals surface area contributed by atoms with E-state index in [1.807, 2.05) is 23.6 Å². The number of carbonyl (C=O) groups is 1. The van der Waals surface area contributed by atoms with E-state index in [-0.39, 0.29) is 5.56 Å². The number of likely N-dealkylation sites (tertiary alicyclic amines) is 1. The van der Waals surface area contributed by atoms with Crippen molar-refractivity contribution in [3.63, 3.8) is 0 Å². The quantitative estimate of drug-likeness (QED) is 0.942. The number of carboxylic acids is 1. The van der Waals surface area contributed by atoms with Crippen LogP contribution in [0.25, 0.3) is 10.9 Å². The smallest absolute Gasteiger partial charge is 0.341 e. The normalized spacial score (nSPS) is 15.9. The molecule has 2 aromatic rings. The van der Waals surface area contributed by atoms with Gasteiger partial charge in [0.2, 0.25) is 5.43 Å². The lowest BCUT2D eigenvalue weighted by atomic mass is 10.1. The van der Waals surface area contributed by atoms with Crippen molar-refractivity contribution in [3.05, 3.63) is 45.7 Å². The molecule has 5 nitrogen and oxygen atoms in total. The second-order valence-corrected chi connectivity index (χ2v) is 6.29. The summed E-state index contributed by atoms with van der Waals surface area (Å²) in [6.07, 6.45) is 5.24. The molecule has 2 heterocycles. The van der Waals surface area contributed by atoms with Gasteiger partial charge in [-0.2, -0.15) is 0 Å². The maximum absolute atomic E-state index is 12.4. The number of hydrogen-bond donors (Lipinski definition) is 1. The molecule has 0 bridgehead atoms. The predicted octanol–water partition coefficient (Wildman–Crippen LogP) is 2.49. The minimum atomic E-state index is -1.16. The van der Waals surface area contributed by atoms with Crippen LogP contribution in [0.1, 0.15) is 35.2 Å². The summed E-state index contributed by atoms with van der Waals surface area (Å²) in [5.74, 6) is -1.16. The van der Waals surface area contributed by atoms with Crippen molar-refractivity contribution in [3.8, 4) is 0 Å². The number of pyridine rings is 1. The van der Waals surface area contributed by atoms with Crippen molar-refractivity contribution in [1.29, 1.82) is 0 Å². The lowest BCUT2D eigenvalue weighted by Crippen LogP contribution is -2.33. The number of nitrogens with zero attached hydrogens (tertiary/aromatic N) is 2. The average molecular weight is 314 g/mol. The Morgan fingerprint density at radius 3 is 2.61 bits per heavy atom. The zero-order valence-corrected chi connectivity index (χ0v) is 13.4. The Balaban J connectivity index is 1.99. The Labute approximate surface area is 135 Å². The molecule has 1 aromatic carbocycles. The summed E-state index contributed by atoms with van der Waals surface area (Å²) in [5.41, 5.74) is 1.22. The third-order valence-electron chi connectivity index (χ3n) is 4.57. The molecule has 122 valence electrons. The number of carboxylic acid groups (broad SMARTS) is 1. The predicted molar refractivity (Wildman–Crippen MR) is 90.2 cm³/mol. The zero-order chi connectivity index (χ0) is 16.4. The Morgan fingerprint density at radius 2 is 1.91 bits per heavy atom. The van der Waals surface area contributed by atoms with Gasteiger partial charge in [0.05, 0.1) is 5.52 Å². The first-order valence-electron chi connectivity index (χ1n) is 8.16. The SMILES string of the molecule is Cc1ccc2c(c1)c(=O)c(C(=O)O)cn2CCN1CCCCC1. The van der Waals surface area contributed by atoms with Crippen LogP contribution in [0, 0.1) is 6.92 Å². The van der Waals surface area contributed by atoms with E-state index in [9.17, 15) is 14.7 Å². The second-order valence-electron chi connectivity index (χ2n) is 6.29. The van der Waals surface area contributed by atoms with Crippen LogP contribution in [0.2, 0.25) is 0 Å². The average Bonchev–Trinajstić information content (AvgIpc) is 2.55. The lowest BCUT2D eigenvalue weighted by Gasteiger charge is -2.27. The molecule has 0 unspecified atom stereocenters. The number of hydrogen-bond acceptors (Lipinski definition) is 3. The topological polar surface area (TPSA) is 62.5 Å². The van der Waals surface area contributed by atoms with Crippen molar-refractivity contribution in [2.45, 2.75) is 32.7 Å². The number of aryl methyl sites for hydroxylation is 1. The van der Waals surface area contributed by atoms with E-state index in [4.69, 9.17) is 0 Å². The number of piperidine rings is 1. The fraction of sp³-hybridized carbons (Fsp3) is 0.444. The monoisotopic (exact) mass is 314 g/mol. The van der Waals surface area contributed by atoms with Crippen LogP contribution in [0.5, 0.6) is 0 Å². The lowest BCUT2D eigenvalue weighted by molar-refractivity contribution is 0.0694. The molecule has 5 heteroatoms. The molecule has 0 saturated carbocycles. The summed E-state index contributed by atoms with van der Waals surface area (Å²) < 4.78 is 1.91. The molecule has 0 aliphatic carbocycles. The summed E-state index contributed by atoms with van der Waals surface area (Å²) in [6, 6.07) is 5.65. The van der Waals surface area contributed by atoms with Crippen LogP contribution in [0.3, 0.4) is 0 Å². The van der Waals surface area contributed by atoms with Gasteiger partial charge in [-0.05, 0) is 45.0 Å². The molecule has 23 heavy (non-hydrogen) atoms. The largest absolute Gasteiger partial charge is 0.477 e. The highest BCUT2D eigenvalue weighted by atomic mass is 16.4. The Kier molecular flexibility index (Phi) is 4.48. The van der Waals surface area contributed by atoms with Crippen LogP contribution < -0.4 is 5.43 Å². The molecule has 1 aromatic heterocycles. The Bertz CT molecular complexity index is 789. The number of fused-ring (bicyclic) bond motifs is 1. The molecular weight excluding hydrogens is 292 g/mol. The first-order valence-corrected chi connectivity index (χ1v) is 8.16. The third kappa shape index (κ3) is 3.29. The van der Waals surface area contributed by atoms with Crippen molar-refractivity contribution in [2.75, 3.05) is 19.6 Å². The number of aromatic carboxylic acids is 1. The van der Waals surface area contributed by atoms with Gasteiger partial charge in [-0.3, -0.25) is 4.79 Å². The summed E-state index contributed by atoms with van der Waals surface area (Å²) in [5, 5.41) is 9.80. The maximum Gasteiger partial charge on any atom is 0.341 e. The molecule has 1 N–H and O–H groups in total. The molecular formula is C18H22N2O3. The number of benzene rings is 1. The van der Waals surface area contributed by atoms with Crippen LogP contribution in [-0.4, -0.2) is 40.2 Å². The van der Waals surface area contributed by atoms with E-state index in [0.29, 0.717) is 11.9 Å². The highest BCUT2D eigenvalue weighted by Gasteiger charge is 2.16. The van der Waals surface area contributed by atoms with Gasteiger partial charge in [0.1, 0.15) is 5.56 Å². The highest BCUT2D eigenvalue weighted by molar-refractivity contribution is 5.92. The van der Waals surface area contributed by atoms with Gasteiger partial charge in [-0.1, -0.05) is 18.1 Å². The number of rotatable bonds is 4. The van der Waals surface area contributed by atoms with Gasteiger partial charge in [0, 0.05) is 24.7 Å². The van der Waals surface area contributed by atoms with E-state index in [0.717, 1.165) is 30.7 Å². The summed E-state index contributed by atoms with van der Waals surface area (Å²) in [6.45, 7) is 5.68. The summed E-state index contributed by atoms with van der Waals surface area (Å²) in [4.78, 5) is 26.2. The van der Waals surface area contributed by atoms with E-state index in [2.05, 4.69) is 4.90 Å². The van der Waals surface area contributed by atoms with Crippen molar-refractivity contribution < 1.29 is 9.90 Å². The van der Waals surface area contributed by atoms with Crippen molar-refractivity contribution in [2.24, 2.45) is 0 Å². The van der Waals surface area contributed by atoms with Gasteiger partial charge >= 0.3 is 5.97 Å². The second kappa shape index (κ2) is 6.54. The summed E-state index contributed by atoms with van der Waals surface area (Å²) in [7, 11) is 0. The molecule has 1 aliphatic rings. The van der Waals surface area contributed by atoms with Gasteiger partial charge < -0.3 is 14.6 Å². The van der Waals surface area contributed by atoms with Crippen LogP contribution in [-0.2, 0) is 6.54 Å². The molecule has 3 rings (SSSR count). The van der Waals surface area contributed by atoms with Crippen molar-refractivity contribution in [1.82, 2.24) is 9.47 Å². The van der Waals surface area contributed by atoms with E-state index < -0.39 is 11.4 Å². The van der Waals surface area contributed by atoms with Crippen LogP contribution in [0.4, 0.5) is 0 Å². The first-order chi connectivity index (χ1) is 11.1. The Hall–Kier alpha value is -2.14. The minimum absolute atomic E-state index is 0.151. The van der Waals surface area contributed by atoms with E-state index in [1.54, 1.807) is 6.07 Å². The number of aromatic nitrogens is 1. The molecule has 0 atom stereocenters. The maximum atomic E-state index is 12.4. The molecule has 1 saturated heterocycles. The third-order valence-corrected chi connectivity index (χ3v) is 4.57. The fourth-order valence-corrected chi connectivity index (χ4v) is 3.28. The molecule has 1 aliphatic heterocycles. The van der Waals surface area contributed by atoms with Gasteiger partial charge in [0.25, 0.3) is 0 Å². The van der Waals surface area contributed by atoms with Crippen molar-refractivity contribution >= 4 is 16.9 Å². The molecule has 0 amide bonds. The van der Waals surface area contributed by atoms with E-state index in [1.165, 1.54) is 25.5 Å². The highest BCUT2D eigenvalue weighted by Crippen LogP contribution is 2.15. The molecule has 0 spiro atoms. The zero-order valence-electron chi connectivity index (χ0n) is 13.4. The van der Waals surface area contributed by atoms with Gasteiger partial charge in [0.15, 0.2) is 0 Å².